The van der Waals surface area contributed by atoms with E-state index in [0.717, 1.165) is 11.0 Å². The predicted octanol–water partition coefficient (Wildman–Crippen LogP) is -2.74. The molecule has 0 rings (SSSR count). The van der Waals surface area contributed by atoms with Crippen LogP contribution in [0, 0.1) is 0 Å². The number of rotatable bonds is 4. The molecule has 0 bridgehead atoms. The monoisotopic (exact) mass is 217 g/mol. The van der Waals surface area contributed by atoms with Gasteiger partial charge in [0.25, 0.3) is 0 Å². The molecule has 12 heavy (non-hydrogen) atoms. The molecule has 76 valence electrons. The second-order valence-corrected chi connectivity index (χ2v) is 5.53. The molecule has 6 heteroatoms. The van der Waals surface area contributed by atoms with Crippen LogP contribution in [-0.2, 0) is 4.57 Å². The molecule has 0 saturated carbocycles. The zero-order valence-electron chi connectivity index (χ0n) is 7.70. The summed E-state index contributed by atoms with van der Waals surface area (Å²) in [6.45, 7) is 0.797. The van der Waals surface area contributed by atoms with Crippen LogP contribution in [0.3, 0.4) is 0 Å². The Morgan fingerprint density at radius 2 is 1.67 bits per heavy atom. The molecule has 0 atom stereocenters. The van der Waals surface area contributed by atoms with E-state index < -0.39 is 7.60 Å². The molecule has 0 aromatic rings. The first kappa shape index (κ1) is 14.9. The first-order chi connectivity index (χ1) is 4.71. The van der Waals surface area contributed by atoms with Gasteiger partial charge < -0.3 is 26.7 Å². The molecule has 0 saturated heterocycles. The van der Waals surface area contributed by atoms with Crippen molar-refractivity contribution in [2.75, 3.05) is 33.8 Å². The minimum atomic E-state index is -3.76. The van der Waals surface area contributed by atoms with Crippen molar-refractivity contribution in [3.8, 4) is 0 Å². The molecular formula is C6H17ClNO3P. The molecule has 0 fully saturated rings. The first-order valence-electron chi connectivity index (χ1n) is 3.56. The third kappa shape index (κ3) is 13.0. The Kier molecular flexibility index (Phi) is 6.46. The number of nitrogens with zero attached hydrogens (tertiary/aromatic N) is 1. The van der Waals surface area contributed by atoms with Crippen molar-refractivity contribution in [1.82, 2.24) is 0 Å². The second kappa shape index (κ2) is 5.20. The van der Waals surface area contributed by atoms with Crippen LogP contribution in [-0.4, -0.2) is 48.1 Å². The van der Waals surface area contributed by atoms with Crippen molar-refractivity contribution in [3.63, 3.8) is 0 Å². The molecule has 0 aliphatic rings. The highest BCUT2D eigenvalue weighted by Crippen LogP contribution is 2.34. The molecule has 0 aliphatic heterocycles. The largest absolute Gasteiger partial charge is 1.00 e. The third-order valence-corrected chi connectivity index (χ3v) is 2.18. The Hall–Kier alpha value is 0.400. The van der Waals surface area contributed by atoms with E-state index in [1.165, 1.54) is 0 Å². The fraction of sp³-hybridized carbons (Fsp3) is 1.00. The highest BCUT2D eigenvalue weighted by atomic mass is 35.5. The lowest BCUT2D eigenvalue weighted by molar-refractivity contribution is -0.870. The fourth-order valence-electron chi connectivity index (χ4n) is 0.751. The van der Waals surface area contributed by atoms with Crippen LogP contribution in [0.25, 0.3) is 0 Å². The van der Waals surface area contributed by atoms with Crippen LogP contribution < -0.4 is 12.4 Å². The Balaban J connectivity index is 0. The highest BCUT2D eigenvalue weighted by molar-refractivity contribution is 7.51. The quantitative estimate of drug-likeness (QED) is 0.397. The summed E-state index contributed by atoms with van der Waals surface area (Å²) in [5.41, 5.74) is 0. The molecule has 0 spiro atoms. The zero-order valence-corrected chi connectivity index (χ0v) is 9.35. The van der Waals surface area contributed by atoms with E-state index in [2.05, 4.69) is 0 Å². The smallest absolute Gasteiger partial charge is 0.325 e. The van der Waals surface area contributed by atoms with Crippen molar-refractivity contribution in [2.45, 2.75) is 6.42 Å². The van der Waals surface area contributed by atoms with Crippen molar-refractivity contribution in [3.05, 3.63) is 0 Å². The lowest BCUT2D eigenvalue weighted by Crippen LogP contribution is -3.00. The van der Waals surface area contributed by atoms with Crippen LogP contribution in [0.1, 0.15) is 6.42 Å². The van der Waals surface area contributed by atoms with Crippen LogP contribution in [0.5, 0.6) is 0 Å². The normalized spacial score (nSPS) is 12.4. The summed E-state index contributed by atoms with van der Waals surface area (Å²) in [7, 11) is 2.24. The molecule has 0 heterocycles. The maximum atomic E-state index is 10.4. The summed E-state index contributed by atoms with van der Waals surface area (Å²) in [4.78, 5) is 17.0. The summed E-state index contributed by atoms with van der Waals surface area (Å²) in [6.07, 6.45) is 0.580. The highest BCUT2D eigenvalue weighted by Gasteiger charge is 2.15. The van der Waals surface area contributed by atoms with Crippen LogP contribution in [0.2, 0.25) is 0 Å². The number of quaternary nitrogens is 1. The first-order valence-corrected chi connectivity index (χ1v) is 5.35. The van der Waals surface area contributed by atoms with Gasteiger partial charge >= 0.3 is 7.60 Å². The molecule has 0 amide bonds. The topological polar surface area (TPSA) is 57.5 Å². The van der Waals surface area contributed by atoms with Crippen LogP contribution in [0.15, 0.2) is 0 Å². The summed E-state index contributed by atoms with van der Waals surface area (Å²) in [5.74, 6) is 0. The van der Waals surface area contributed by atoms with Gasteiger partial charge in [-0.15, -0.1) is 0 Å². The van der Waals surface area contributed by atoms with Gasteiger partial charge in [0.2, 0.25) is 0 Å². The summed E-state index contributed by atoms with van der Waals surface area (Å²) in [5, 5.41) is 0. The van der Waals surface area contributed by atoms with Gasteiger partial charge in [0.05, 0.1) is 33.8 Å². The Labute approximate surface area is 79.7 Å². The Morgan fingerprint density at radius 3 is 1.92 bits per heavy atom. The standard InChI is InChI=1S/C6H16NO3P.ClH/c1-7(2,3)5-4-6-11(8,9)10;/h4-6H2,1-3H3,(H-,8,9,10);1H. The molecule has 4 nitrogen and oxygen atoms in total. The van der Waals surface area contributed by atoms with E-state index in [1.807, 2.05) is 21.1 Å². The maximum Gasteiger partial charge on any atom is 0.325 e. The molecule has 0 aromatic carbocycles. The third-order valence-electron chi connectivity index (χ3n) is 1.28. The van der Waals surface area contributed by atoms with Gasteiger partial charge in [0.1, 0.15) is 0 Å². The molecule has 2 N–H and O–H groups in total. The van der Waals surface area contributed by atoms with E-state index >= 15 is 0 Å². The summed E-state index contributed by atoms with van der Waals surface area (Å²) >= 11 is 0. The van der Waals surface area contributed by atoms with Crippen molar-refractivity contribution < 1.29 is 31.2 Å². The number of hydrogen-bond acceptors (Lipinski definition) is 1. The average Bonchev–Trinajstić information content (AvgIpc) is 1.55. The molecule has 0 aromatic heterocycles. The van der Waals surface area contributed by atoms with E-state index in [0.29, 0.717) is 6.42 Å². The zero-order chi connectivity index (χ0) is 9.12. The second-order valence-electron chi connectivity index (χ2n) is 3.76. The summed E-state index contributed by atoms with van der Waals surface area (Å²) < 4.78 is 11.2. The van der Waals surface area contributed by atoms with Gasteiger partial charge in [-0.05, 0) is 0 Å². The van der Waals surface area contributed by atoms with E-state index in [9.17, 15) is 4.57 Å². The average molecular weight is 218 g/mol. The van der Waals surface area contributed by atoms with Crippen molar-refractivity contribution >= 4 is 7.60 Å². The fourth-order valence-corrected chi connectivity index (χ4v) is 1.30. The SMILES string of the molecule is C[N+](C)(C)CCCP(=O)(O)O.[Cl-]. The van der Waals surface area contributed by atoms with Gasteiger partial charge in [-0.25, -0.2) is 0 Å². The molecule has 0 radical (unpaired) electrons. The molecule has 0 aliphatic carbocycles. The predicted molar refractivity (Wildman–Crippen MR) is 44.4 cm³/mol. The van der Waals surface area contributed by atoms with Crippen LogP contribution in [0.4, 0.5) is 0 Å². The van der Waals surface area contributed by atoms with E-state index in [-0.39, 0.29) is 18.6 Å². The summed E-state index contributed by atoms with van der Waals surface area (Å²) in [6, 6.07) is 0. The van der Waals surface area contributed by atoms with Crippen LogP contribution >= 0.6 is 7.60 Å². The lowest BCUT2D eigenvalue weighted by atomic mass is 10.4. The number of hydrogen-bond donors (Lipinski definition) is 2. The van der Waals surface area contributed by atoms with E-state index in [4.69, 9.17) is 9.79 Å². The Morgan fingerprint density at radius 1 is 1.25 bits per heavy atom. The van der Waals surface area contributed by atoms with Gasteiger partial charge in [-0.2, -0.15) is 0 Å². The maximum absolute atomic E-state index is 10.4. The van der Waals surface area contributed by atoms with Gasteiger partial charge in [0.15, 0.2) is 0 Å². The van der Waals surface area contributed by atoms with Crippen molar-refractivity contribution in [1.29, 1.82) is 0 Å². The van der Waals surface area contributed by atoms with Gasteiger partial charge in [-0.1, -0.05) is 0 Å². The minimum absolute atomic E-state index is 0. The van der Waals surface area contributed by atoms with Crippen molar-refractivity contribution in [2.24, 2.45) is 0 Å². The molecule has 0 unspecified atom stereocenters. The van der Waals surface area contributed by atoms with Gasteiger partial charge in [-0.3, -0.25) is 4.57 Å². The molecular weight excluding hydrogens is 200 g/mol. The Bertz CT molecular complexity index is 163. The van der Waals surface area contributed by atoms with Gasteiger partial charge in [0, 0.05) is 6.42 Å². The van der Waals surface area contributed by atoms with E-state index in [1.54, 1.807) is 0 Å². The number of halogens is 1. The lowest BCUT2D eigenvalue weighted by Gasteiger charge is -2.23. The minimum Gasteiger partial charge on any atom is -1.00 e.